The molecule has 0 radical (unpaired) electrons. The van der Waals surface area contributed by atoms with E-state index in [2.05, 4.69) is 13.8 Å². The molecule has 1 N–H and O–H groups in total. The monoisotopic (exact) mass is 424 g/mol. The Labute approximate surface area is 188 Å². The molecule has 0 saturated heterocycles. The highest BCUT2D eigenvalue weighted by Gasteiger charge is 2.05. The van der Waals surface area contributed by atoms with Crippen molar-refractivity contribution in [2.45, 2.75) is 142 Å². The van der Waals surface area contributed by atoms with Gasteiger partial charge in [0, 0.05) is 12.7 Å². The van der Waals surface area contributed by atoms with Crippen LogP contribution in [-0.4, -0.2) is 24.3 Å². The number of unbranched alkanes of at least 4 members (excludes halogenated alkanes) is 15. The zero-order valence-electron chi connectivity index (χ0n) is 20.4. The first kappa shape index (κ1) is 29.2. The van der Waals surface area contributed by atoms with Crippen molar-refractivity contribution in [1.82, 2.24) is 0 Å². The van der Waals surface area contributed by atoms with Gasteiger partial charge in [-0.25, -0.2) is 4.79 Å². The zero-order chi connectivity index (χ0) is 22.1. The molecule has 0 saturated carbocycles. The van der Waals surface area contributed by atoms with Crippen LogP contribution < -0.4 is 0 Å². The van der Waals surface area contributed by atoms with Crippen molar-refractivity contribution < 1.29 is 14.6 Å². The van der Waals surface area contributed by atoms with Crippen LogP contribution in [0.2, 0.25) is 0 Å². The lowest BCUT2D eigenvalue weighted by Crippen LogP contribution is -2.04. The minimum Gasteiger partial charge on any atom is -0.463 e. The standard InChI is InChI=1S/C27H52O3/c1-3-5-7-9-11-13-15-17-21-26(25-27(29)30-24-20-19-23-28)22-18-16-14-12-10-8-6-4-2/h25,28H,3-24H2,1-2H3. The Kier molecular flexibility index (Phi) is 23.8. The summed E-state index contributed by atoms with van der Waals surface area (Å²) in [6, 6.07) is 0. The van der Waals surface area contributed by atoms with Crippen LogP contribution in [0.3, 0.4) is 0 Å². The topological polar surface area (TPSA) is 46.5 Å². The van der Waals surface area contributed by atoms with Gasteiger partial charge in [-0.15, -0.1) is 0 Å². The molecule has 0 fully saturated rings. The zero-order valence-corrected chi connectivity index (χ0v) is 20.4. The van der Waals surface area contributed by atoms with E-state index >= 15 is 0 Å². The molecule has 0 aromatic carbocycles. The minimum atomic E-state index is -0.193. The average Bonchev–Trinajstić information content (AvgIpc) is 2.74. The average molecular weight is 425 g/mol. The molecule has 0 unspecified atom stereocenters. The first-order valence-electron chi connectivity index (χ1n) is 13.2. The summed E-state index contributed by atoms with van der Waals surface area (Å²) in [7, 11) is 0. The van der Waals surface area contributed by atoms with E-state index in [1.165, 1.54) is 108 Å². The third-order valence-electron chi connectivity index (χ3n) is 5.82. The van der Waals surface area contributed by atoms with Crippen molar-refractivity contribution in [2.75, 3.05) is 13.2 Å². The molecule has 0 rings (SSSR count). The van der Waals surface area contributed by atoms with Crippen LogP contribution in [0.5, 0.6) is 0 Å². The van der Waals surface area contributed by atoms with Gasteiger partial charge in [0.2, 0.25) is 0 Å². The lowest BCUT2D eigenvalue weighted by Gasteiger charge is -2.09. The van der Waals surface area contributed by atoms with Gasteiger partial charge in [-0.05, 0) is 38.5 Å². The number of carbonyl (C=O) groups excluding carboxylic acids is 1. The summed E-state index contributed by atoms with van der Waals surface area (Å²) in [6.07, 6.45) is 26.4. The summed E-state index contributed by atoms with van der Waals surface area (Å²) in [6.45, 7) is 5.10. The van der Waals surface area contributed by atoms with Gasteiger partial charge in [0.15, 0.2) is 0 Å². The van der Waals surface area contributed by atoms with Gasteiger partial charge in [-0.1, -0.05) is 109 Å². The number of carbonyl (C=O) groups is 1. The molecular weight excluding hydrogens is 372 g/mol. The van der Waals surface area contributed by atoms with E-state index in [4.69, 9.17) is 9.84 Å². The lowest BCUT2D eigenvalue weighted by atomic mass is 9.99. The fraction of sp³-hybridized carbons (Fsp3) is 0.889. The Morgan fingerprint density at radius 1 is 0.633 bits per heavy atom. The second-order valence-electron chi connectivity index (χ2n) is 8.85. The molecule has 30 heavy (non-hydrogen) atoms. The van der Waals surface area contributed by atoms with Gasteiger partial charge in [-0.2, -0.15) is 0 Å². The largest absolute Gasteiger partial charge is 0.463 e. The Balaban J connectivity index is 4.11. The summed E-state index contributed by atoms with van der Waals surface area (Å²) in [5, 5.41) is 8.83. The molecule has 3 heteroatoms. The molecule has 0 amide bonds. The predicted molar refractivity (Wildman–Crippen MR) is 130 cm³/mol. The van der Waals surface area contributed by atoms with Crippen molar-refractivity contribution in [2.24, 2.45) is 0 Å². The molecule has 0 bridgehead atoms. The predicted octanol–water partition coefficient (Wildman–Crippen LogP) is 8.29. The molecule has 0 aromatic heterocycles. The molecule has 0 aliphatic carbocycles. The molecule has 0 aliphatic heterocycles. The number of hydrogen-bond acceptors (Lipinski definition) is 3. The number of aliphatic hydroxyl groups excluding tert-OH is 1. The van der Waals surface area contributed by atoms with E-state index in [1.807, 2.05) is 0 Å². The second kappa shape index (κ2) is 24.4. The third kappa shape index (κ3) is 21.9. The lowest BCUT2D eigenvalue weighted by molar-refractivity contribution is -0.138. The SMILES string of the molecule is CCCCCCCCCCC(=CC(=O)OCCCCO)CCCCCCCCCC. The van der Waals surface area contributed by atoms with Crippen LogP contribution in [0.15, 0.2) is 11.6 Å². The van der Waals surface area contributed by atoms with Crippen molar-refractivity contribution in [3.05, 3.63) is 11.6 Å². The smallest absolute Gasteiger partial charge is 0.330 e. The Bertz CT molecular complexity index is 368. The summed E-state index contributed by atoms with van der Waals surface area (Å²) in [5.74, 6) is -0.193. The molecule has 0 aromatic rings. The number of allylic oxidation sites excluding steroid dienone is 1. The van der Waals surface area contributed by atoms with Gasteiger partial charge in [0.1, 0.15) is 0 Å². The second-order valence-corrected chi connectivity index (χ2v) is 8.85. The fourth-order valence-electron chi connectivity index (χ4n) is 3.84. The highest BCUT2D eigenvalue weighted by atomic mass is 16.5. The first-order valence-corrected chi connectivity index (χ1v) is 13.2. The van der Waals surface area contributed by atoms with Gasteiger partial charge in [0.25, 0.3) is 0 Å². The molecule has 178 valence electrons. The third-order valence-corrected chi connectivity index (χ3v) is 5.82. The van der Waals surface area contributed by atoms with Crippen LogP contribution in [0.25, 0.3) is 0 Å². The molecular formula is C27H52O3. The molecule has 3 nitrogen and oxygen atoms in total. The van der Waals surface area contributed by atoms with E-state index in [1.54, 1.807) is 6.08 Å². The number of rotatable bonds is 23. The van der Waals surface area contributed by atoms with E-state index in [9.17, 15) is 4.79 Å². The van der Waals surface area contributed by atoms with Crippen LogP contribution >= 0.6 is 0 Å². The maximum absolute atomic E-state index is 12.1. The van der Waals surface area contributed by atoms with Gasteiger partial charge in [-0.3, -0.25) is 0 Å². The van der Waals surface area contributed by atoms with Crippen LogP contribution in [-0.2, 0) is 9.53 Å². The van der Waals surface area contributed by atoms with Gasteiger partial charge < -0.3 is 9.84 Å². The molecule has 0 heterocycles. The highest BCUT2D eigenvalue weighted by molar-refractivity contribution is 5.82. The number of esters is 1. The van der Waals surface area contributed by atoms with E-state index in [0.717, 1.165) is 19.3 Å². The maximum Gasteiger partial charge on any atom is 0.330 e. The first-order chi connectivity index (χ1) is 14.7. The maximum atomic E-state index is 12.1. The summed E-state index contributed by atoms with van der Waals surface area (Å²) in [5.41, 5.74) is 1.28. The van der Waals surface area contributed by atoms with E-state index < -0.39 is 0 Å². The highest BCUT2D eigenvalue weighted by Crippen LogP contribution is 2.19. The summed E-state index contributed by atoms with van der Waals surface area (Å²) in [4.78, 5) is 12.1. The number of ether oxygens (including phenoxy) is 1. The normalized spacial score (nSPS) is 10.9. The van der Waals surface area contributed by atoms with E-state index in [0.29, 0.717) is 13.0 Å². The van der Waals surface area contributed by atoms with Crippen molar-refractivity contribution in [3.63, 3.8) is 0 Å². The fourth-order valence-corrected chi connectivity index (χ4v) is 3.84. The Morgan fingerprint density at radius 2 is 1.07 bits per heavy atom. The summed E-state index contributed by atoms with van der Waals surface area (Å²) >= 11 is 0. The van der Waals surface area contributed by atoms with Crippen molar-refractivity contribution >= 4 is 5.97 Å². The van der Waals surface area contributed by atoms with E-state index in [-0.39, 0.29) is 12.6 Å². The van der Waals surface area contributed by atoms with Crippen LogP contribution in [0.1, 0.15) is 142 Å². The van der Waals surface area contributed by atoms with Crippen LogP contribution in [0.4, 0.5) is 0 Å². The van der Waals surface area contributed by atoms with Gasteiger partial charge in [0.05, 0.1) is 6.61 Å². The van der Waals surface area contributed by atoms with Crippen molar-refractivity contribution in [3.8, 4) is 0 Å². The minimum absolute atomic E-state index is 0.162. The molecule has 0 atom stereocenters. The molecule has 0 aliphatic rings. The number of hydrogen-bond donors (Lipinski definition) is 1. The summed E-state index contributed by atoms with van der Waals surface area (Å²) < 4.78 is 5.31. The quantitative estimate of drug-likeness (QED) is 0.102. The van der Waals surface area contributed by atoms with Crippen LogP contribution in [0, 0.1) is 0 Å². The van der Waals surface area contributed by atoms with Gasteiger partial charge >= 0.3 is 5.97 Å². The Hall–Kier alpha value is -0.830. The molecule has 0 spiro atoms. The van der Waals surface area contributed by atoms with Crippen molar-refractivity contribution in [1.29, 1.82) is 0 Å². The number of aliphatic hydroxyl groups is 1. The Morgan fingerprint density at radius 3 is 1.50 bits per heavy atom.